The Hall–Kier alpha value is -2.04. The minimum atomic E-state index is -0.0998. The Balaban J connectivity index is 2.34. The van der Waals surface area contributed by atoms with Crippen LogP contribution in [0.2, 0.25) is 0 Å². The summed E-state index contributed by atoms with van der Waals surface area (Å²) in [5, 5.41) is 2.58. The van der Waals surface area contributed by atoms with Crippen molar-refractivity contribution >= 4 is 17.5 Å². The largest absolute Gasteiger partial charge is 0.497 e. The van der Waals surface area contributed by atoms with Gasteiger partial charge in [0, 0.05) is 19.0 Å². The van der Waals surface area contributed by atoms with Crippen molar-refractivity contribution in [3.05, 3.63) is 23.8 Å². The molecule has 1 aliphatic heterocycles. The van der Waals surface area contributed by atoms with Gasteiger partial charge in [-0.2, -0.15) is 0 Å². The monoisotopic (exact) mass is 248 g/mol. The lowest BCUT2D eigenvalue weighted by Crippen LogP contribution is -2.35. The van der Waals surface area contributed by atoms with Gasteiger partial charge in [0.05, 0.1) is 19.3 Å². The smallest absolute Gasteiger partial charge is 0.246 e. The molecule has 1 aromatic rings. The van der Waals surface area contributed by atoms with Crippen LogP contribution in [0.4, 0.5) is 5.69 Å². The predicted molar refractivity (Wildman–Crippen MR) is 67.7 cm³/mol. The van der Waals surface area contributed by atoms with Crippen LogP contribution in [0.1, 0.15) is 12.0 Å². The summed E-state index contributed by atoms with van der Waals surface area (Å²) in [6.07, 6.45) is 0.322. The molecule has 1 N–H and O–H groups in total. The molecule has 0 bridgehead atoms. The molecule has 5 nitrogen and oxygen atoms in total. The number of rotatable bonds is 2. The summed E-state index contributed by atoms with van der Waals surface area (Å²) in [6.45, 7) is 2.39. The molecule has 2 rings (SSSR count). The van der Waals surface area contributed by atoms with E-state index in [1.165, 1.54) is 0 Å². The summed E-state index contributed by atoms with van der Waals surface area (Å²) in [5.41, 5.74) is 1.79. The maximum atomic E-state index is 12.0. The van der Waals surface area contributed by atoms with E-state index in [0.717, 1.165) is 11.3 Å². The van der Waals surface area contributed by atoms with Crippen molar-refractivity contribution in [2.75, 3.05) is 25.1 Å². The number of ether oxygens (including phenoxy) is 1. The number of anilines is 1. The molecule has 1 aromatic carbocycles. The lowest BCUT2D eigenvalue weighted by molar-refractivity contribution is -0.123. The number of amides is 2. The van der Waals surface area contributed by atoms with Crippen molar-refractivity contribution in [2.45, 2.75) is 13.3 Å². The van der Waals surface area contributed by atoms with E-state index in [1.807, 2.05) is 25.1 Å². The molecule has 5 heteroatoms. The fourth-order valence-corrected chi connectivity index (χ4v) is 1.96. The van der Waals surface area contributed by atoms with Crippen molar-refractivity contribution in [3.8, 4) is 5.75 Å². The molecular formula is C13H16N2O3. The average molecular weight is 248 g/mol. The normalized spacial score (nSPS) is 16.2. The molecule has 0 saturated carbocycles. The quantitative estimate of drug-likeness (QED) is 0.844. The van der Waals surface area contributed by atoms with Gasteiger partial charge in [0.2, 0.25) is 11.8 Å². The Bertz CT molecular complexity index is 485. The minimum Gasteiger partial charge on any atom is -0.497 e. The minimum absolute atomic E-state index is 0.0511. The Morgan fingerprint density at radius 3 is 2.83 bits per heavy atom. The first-order valence-electron chi connectivity index (χ1n) is 5.83. The highest BCUT2D eigenvalue weighted by Crippen LogP contribution is 2.26. The molecule has 96 valence electrons. The Morgan fingerprint density at radius 1 is 1.33 bits per heavy atom. The number of hydrogen-bond donors (Lipinski definition) is 1. The summed E-state index contributed by atoms with van der Waals surface area (Å²) >= 11 is 0. The molecule has 2 amide bonds. The number of benzene rings is 1. The Labute approximate surface area is 106 Å². The van der Waals surface area contributed by atoms with Crippen LogP contribution >= 0.6 is 0 Å². The zero-order chi connectivity index (χ0) is 13.1. The van der Waals surface area contributed by atoms with Gasteiger partial charge in [-0.1, -0.05) is 6.07 Å². The molecule has 0 radical (unpaired) electrons. The topological polar surface area (TPSA) is 58.6 Å². The maximum Gasteiger partial charge on any atom is 0.246 e. The molecule has 0 unspecified atom stereocenters. The first kappa shape index (κ1) is 12.4. The van der Waals surface area contributed by atoms with Gasteiger partial charge in [0.15, 0.2) is 0 Å². The third kappa shape index (κ3) is 2.45. The first-order chi connectivity index (χ1) is 8.61. The van der Waals surface area contributed by atoms with E-state index >= 15 is 0 Å². The highest BCUT2D eigenvalue weighted by molar-refractivity contribution is 5.99. The van der Waals surface area contributed by atoms with Gasteiger partial charge in [0.1, 0.15) is 5.75 Å². The molecular weight excluding hydrogens is 232 g/mol. The maximum absolute atomic E-state index is 12.0. The summed E-state index contributed by atoms with van der Waals surface area (Å²) in [7, 11) is 1.59. The zero-order valence-electron chi connectivity index (χ0n) is 10.5. The van der Waals surface area contributed by atoms with E-state index in [-0.39, 0.29) is 18.4 Å². The molecule has 0 atom stereocenters. The summed E-state index contributed by atoms with van der Waals surface area (Å²) in [4.78, 5) is 24.9. The fraction of sp³-hybridized carbons (Fsp3) is 0.385. The average Bonchev–Trinajstić information content (AvgIpc) is 2.53. The van der Waals surface area contributed by atoms with Gasteiger partial charge < -0.3 is 15.0 Å². The van der Waals surface area contributed by atoms with E-state index in [1.54, 1.807) is 12.0 Å². The van der Waals surface area contributed by atoms with Gasteiger partial charge in [-0.3, -0.25) is 9.59 Å². The van der Waals surface area contributed by atoms with Crippen molar-refractivity contribution in [3.63, 3.8) is 0 Å². The molecule has 1 saturated heterocycles. The molecule has 18 heavy (non-hydrogen) atoms. The fourth-order valence-electron chi connectivity index (χ4n) is 1.96. The number of carbonyl (C=O) groups is 2. The van der Waals surface area contributed by atoms with E-state index < -0.39 is 0 Å². The highest BCUT2D eigenvalue weighted by atomic mass is 16.5. The van der Waals surface area contributed by atoms with Gasteiger partial charge in [-0.25, -0.2) is 0 Å². The Morgan fingerprint density at radius 2 is 2.11 bits per heavy atom. The number of nitrogens with one attached hydrogen (secondary N) is 1. The molecule has 1 heterocycles. The molecule has 1 aliphatic rings. The molecule has 0 aromatic heterocycles. The van der Waals surface area contributed by atoms with Crippen LogP contribution in [0.25, 0.3) is 0 Å². The van der Waals surface area contributed by atoms with Crippen LogP contribution < -0.4 is 15.0 Å². The second kappa shape index (κ2) is 5.08. The van der Waals surface area contributed by atoms with Gasteiger partial charge in [-0.05, 0) is 18.6 Å². The van der Waals surface area contributed by atoms with E-state index in [4.69, 9.17) is 4.74 Å². The second-order valence-corrected chi connectivity index (χ2v) is 4.22. The number of aryl methyl sites for hydroxylation is 1. The number of methoxy groups -OCH3 is 1. The summed E-state index contributed by atoms with van der Waals surface area (Å²) < 4.78 is 5.17. The lowest BCUT2D eigenvalue weighted by atomic mass is 10.1. The van der Waals surface area contributed by atoms with E-state index in [2.05, 4.69) is 5.32 Å². The Kier molecular flexibility index (Phi) is 3.50. The van der Waals surface area contributed by atoms with Gasteiger partial charge >= 0.3 is 0 Å². The van der Waals surface area contributed by atoms with Crippen molar-refractivity contribution in [1.82, 2.24) is 5.32 Å². The third-order valence-corrected chi connectivity index (χ3v) is 3.01. The van der Waals surface area contributed by atoms with Crippen LogP contribution in [0.15, 0.2) is 18.2 Å². The van der Waals surface area contributed by atoms with Crippen LogP contribution in [0.3, 0.4) is 0 Å². The van der Waals surface area contributed by atoms with E-state index in [9.17, 15) is 9.59 Å². The standard InChI is InChI=1S/C13H16N2O3/c1-9-3-4-10(18-2)7-11(9)15-6-5-12(16)14-8-13(15)17/h3-4,7H,5-6,8H2,1-2H3,(H,14,16). The highest BCUT2D eigenvalue weighted by Gasteiger charge is 2.22. The molecule has 1 fully saturated rings. The number of nitrogens with zero attached hydrogens (tertiary/aromatic N) is 1. The van der Waals surface area contributed by atoms with Crippen molar-refractivity contribution in [2.24, 2.45) is 0 Å². The van der Waals surface area contributed by atoms with Crippen LogP contribution in [0.5, 0.6) is 5.75 Å². The van der Waals surface area contributed by atoms with Crippen molar-refractivity contribution in [1.29, 1.82) is 0 Å². The summed E-state index contributed by atoms with van der Waals surface area (Å²) in [5.74, 6) is 0.510. The number of hydrogen-bond acceptors (Lipinski definition) is 3. The lowest BCUT2D eigenvalue weighted by Gasteiger charge is -2.22. The molecule has 0 aliphatic carbocycles. The van der Waals surface area contributed by atoms with E-state index in [0.29, 0.717) is 18.7 Å². The van der Waals surface area contributed by atoms with Gasteiger partial charge in [-0.15, -0.1) is 0 Å². The third-order valence-electron chi connectivity index (χ3n) is 3.01. The predicted octanol–water partition coefficient (Wildman–Crippen LogP) is 0.857. The zero-order valence-corrected chi connectivity index (χ0v) is 10.5. The van der Waals surface area contributed by atoms with Crippen molar-refractivity contribution < 1.29 is 14.3 Å². The second-order valence-electron chi connectivity index (χ2n) is 4.22. The van der Waals surface area contributed by atoms with Crippen LogP contribution in [-0.4, -0.2) is 32.0 Å². The van der Waals surface area contributed by atoms with Crippen LogP contribution in [0, 0.1) is 6.92 Å². The summed E-state index contributed by atoms with van der Waals surface area (Å²) in [6, 6.07) is 5.58. The number of carbonyl (C=O) groups excluding carboxylic acids is 2. The van der Waals surface area contributed by atoms with Gasteiger partial charge in [0.25, 0.3) is 0 Å². The first-order valence-corrected chi connectivity index (χ1v) is 5.83. The van der Waals surface area contributed by atoms with Crippen LogP contribution in [-0.2, 0) is 9.59 Å². The SMILES string of the molecule is COc1ccc(C)c(N2CCC(=O)NCC2=O)c1. The molecule has 0 spiro atoms.